The Morgan fingerprint density at radius 3 is 2.00 bits per heavy atom. The van der Waals surface area contributed by atoms with Crippen molar-refractivity contribution < 1.29 is 34.9 Å². The predicted octanol–water partition coefficient (Wildman–Crippen LogP) is 0.559. The highest BCUT2D eigenvalue weighted by molar-refractivity contribution is 6.16. The summed E-state index contributed by atoms with van der Waals surface area (Å²) in [5.74, 6) is -5.12. The molecule has 0 atom stereocenters. The minimum Gasteiger partial charge on any atom is -0.504 e. The van der Waals surface area contributed by atoms with Crippen LogP contribution in [-0.4, -0.2) is 37.3 Å². The number of benzene rings is 1. The number of hydrogen-bond donors (Lipinski definition) is 4. The van der Waals surface area contributed by atoms with E-state index in [1.807, 2.05) is 0 Å². The van der Waals surface area contributed by atoms with Crippen LogP contribution in [-0.2, 0) is 9.59 Å². The summed E-state index contributed by atoms with van der Waals surface area (Å²) in [4.78, 5) is 31.0. The second kappa shape index (κ2) is 5.04. The molecule has 100 valence electrons. The quantitative estimate of drug-likeness (QED) is 0.154. The number of nitro benzene ring substituents is 1. The Bertz CT molecular complexity index is 588. The van der Waals surface area contributed by atoms with Gasteiger partial charge in [0.25, 0.3) is 5.69 Å². The summed E-state index contributed by atoms with van der Waals surface area (Å²) in [6.45, 7) is 0. The molecule has 9 nitrogen and oxygen atoms in total. The maximum atomic E-state index is 10.7. The SMILES string of the molecule is O=C(O)C(=Cc1cc(O)c(O)cc1[N+](=O)[O-])C(=O)O. The van der Waals surface area contributed by atoms with Crippen LogP contribution < -0.4 is 0 Å². The zero-order chi connectivity index (χ0) is 14.7. The Labute approximate surface area is 104 Å². The minimum absolute atomic E-state index is 0.458. The van der Waals surface area contributed by atoms with E-state index in [1.165, 1.54) is 0 Å². The smallest absolute Gasteiger partial charge is 0.343 e. The number of carboxylic acids is 2. The first-order chi connectivity index (χ1) is 8.73. The van der Waals surface area contributed by atoms with Gasteiger partial charge in [0.1, 0.15) is 5.57 Å². The Balaban J connectivity index is 3.53. The van der Waals surface area contributed by atoms with E-state index in [2.05, 4.69) is 0 Å². The lowest BCUT2D eigenvalue weighted by Crippen LogP contribution is -2.11. The van der Waals surface area contributed by atoms with Crippen LogP contribution in [0.4, 0.5) is 5.69 Å². The van der Waals surface area contributed by atoms with Crippen molar-refractivity contribution in [1.82, 2.24) is 0 Å². The second-order valence-corrected chi connectivity index (χ2v) is 3.33. The molecule has 0 aliphatic carbocycles. The van der Waals surface area contributed by atoms with Gasteiger partial charge in [0.15, 0.2) is 11.5 Å². The molecule has 4 N–H and O–H groups in total. The Hall–Kier alpha value is -3.10. The number of carbonyl (C=O) groups is 2. The number of nitro groups is 1. The Morgan fingerprint density at radius 2 is 1.58 bits per heavy atom. The zero-order valence-electron chi connectivity index (χ0n) is 9.10. The first kappa shape index (κ1) is 14.0. The van der Waals surface area contributed by atoms with Gasteiger partial charge in [0.2, 0.25) is 0 Å². The van der Waals surface area contributed by atoms with Crippen LogP contribution in [0, 0.1) is 10.1 Å². The number of rotatable bonds is 4. The number of phenolic OH excluding ortho intramolecular Hbond substituents is 2. The summed E-state index contributed by atoms with van der Waals surface area (Å²) in [5.41, 5.74) is -2.32. The lowest BCUT2D eigenvalue weighted by molar-refractivity contribution is -0.385. The van der Waals surface area contributed by atoms with Crippen LogP contribution in [0.15, 0.2) is 17.7 Å². The normalized spacial score (nSPS) is 9.68. The van der Waals surface area contributed by atoms with Crippen molar-refractivity contribution in [2.45, 2.75) is 0 Å². The molecule has 0 aliphatic rings. The average molecular weight is 269 g/mol. The molecule has 0 saturated heterocycles. The molecule has 0 bridgehead atoms. The van der Waals surface area contributed by atoms with Crippen LogP contribution in [0.1, 0.15) is 5.56 Å². The Morgan fingerprint density at radius 1 is 1.11 bits per heavy atom. The van der Waals surface area contributed by atoms with Gasteiger partial charge in [-0.2, -0.15) is 0 Å². The molecular weight excluding hydrogens is 262 g/mol. The summed E-state index contributed by atoms with van der Waals surface area (Å²) < 4.78 is 0. The fourth-order valence-corrected chi connectivity index (χ4v) is 1.23. The molecule has 0 radical (unpaired) electrons. The summed E-state index contributed by atoms with van der Waals surface area (Å²) in [6.07, 6.45) is 0.516. The van der Waals surface area contributed by atoms with Gasteiger partial charge in [0.05, 0.1) is 16.6 Å². The molecule has 0 amide bonds. The fraction of sp³-hybridized carbons (Fsp3) is 0. The third kappa shape index (κ3) is 2.97. The van der Waals surface area contributed by atoms with Crippen molar-refractivity contribution in [2.75, 3.05) is 0 Å². The van der Waals surface area contributed by atoms with Gasteiger partial charge in [-0.25, -0.2) is 9.59 Å². The van der Waals surface area contributed by atoms with E-state index >= 15 is 0 Å². The first-order valence-electron chi connectivity index (χ1n) is 4.62. The fourth-order valence-electron chi connectivity index (χ4n) is 1.23. The molecule has 1 rings (SSSR count). The monoisotopic (exact) mass is 269 g/mol. The number of carboxylic acid groups (broad SMARTS) is 2. The number of nitrogens with zero attached hydrogens (tertiary/aromatic N) is 1. The number of phenols is 2. The molecule has 0 aliphatic heterocycles. The lowest BCUT2D eigenvalue weighted by Gasteiger charge is -2.02. The van der Waals surface area contributed by atoms with Crippen molar-refractivity contribution >= 4 is 23.7 Å². The van der Waals surface area contributed by atoms with Crippen LogP contribution in [0.2, 0.25) is 0 Å². The van der Waals surface area contributed by atoms with Crippen molar-refractivity contribution in [2.24, 2.45) is 0 Å². The lowest BCUT2D eigenvalue weighted by atomic mass is 10.1. The molecule has 0 heterocycles. The van der Waals surface area contributed by atoms with Gasteiger partial charge in [0, 0.05) is 0 Å². The van der Waals surface area contributed by atoms with E-state index in [0.717, 1.165) is 0 Å². The van der Waals surface area contributed by atoms with Gasteiger partial charge in [-0.3, -0.25) is 10.1 Å². The highest BCUT2D eigenvalue weighted by Gasteiger charge is 2.21. The molecule has 0 spiro atoms. The third-order valence-electron chi connectivity index (χ3n) is 2.08. The van der Waals surface area contributed by atoms with Crippen LogP contribution in [0.3, 0.4) is 0 Å². The van der Waals surface area contributed by atoms with Gasteiger partial charge in [-0.15, -0.1) is 0 Å². The van der Waals surface area contributed by atoms with Crippen LogP contribution in [0.25, 0.3) is 6.08 Å². The van der Waals surface area contributed by atoms with E-state index in [0.29, 0.717) is 18.2 Å². The summed E-state index contributed by atoms with van der Waals surface area (Å²) in [5, 5.41) is 46.3. The van der Waals surface area contributed by atoms with Gasteiger partial charge >= 0.3 is 11.9 Å². The van der Waals surface area contributed by atoms with Gasteiger partial charge in [-0.1, -0.05) is 0 Å². The van der Waals surface area contributed by atoms with Crippen molar-refractivity contribution in [3.63, 3.8) is 0 Å². The molecule has 0 unspecified atom stereocenters. The predicted molar refractivity (Wildman–Crippen MR) is 59.7 cm³/mol. The van der Waals surface area contributed by atoms with Gasteiger partial charge < -0.3 is 20.4 Å². The molecule has 0 fully saturated rings. The van der Waals surface area contributed by atoms with E-state index < -0.39 is 45.2 Å². The number of aromatic hydroxyl groups is 2. The summed E-state index contributed by atoms with van der Waals surface area (Å²) >= 11 is 0. The summed E-state index contributed by atoms with van der Waals surface area (Å²) in [6, 6.07) is 1.28. The van der Waals surface area contributed by atoms with Crippen molar-refractivity contribution in [3.05, 3.63) is 33.4 Å². The molecule has 0 aromatic heterocycles. The van der Waals surface area contributed by atoms with Crippen molar-refractivity contribution in [3.8, 4) is 11.5 Å². The van der Waals surface area contributed by atoms with Crippen LogP contribution in [0.5, 0.6) is 11.5 Å². The van der Waals surface area contributed by atoms with Crippen LogP contribution >= 0.6 is 0 Å². The maximum absolute atomic E-state index is 10.7. The number of hydrogen-bond acceptors (Lipinski definition) is 6. The topological polar surface area (TPSA) is 158 Å². The molecule has 9 heteroatoms. The standard InChI is InChI=1S/C10H7NO8/c12-7-2-4(1-5(9(14)15)10(16)17)6(11(18)19)3-8(7)13/h1-3,12-13H,(H,14,15)(H,16,17). The van der Waals surface area contributed by atoms with E-state index in [9.17, 15) is 24.8 Å². The zero-order valence-corrected chi connectivity index (χ0v) is 9.10. The molecular formula is C10H7NO8. The largest absolute Gasteiger partial charge is 0.504 e. The maximum Gasteiger partial charge on any atom is 0.343 e. The minimum atomic E-state index is -1.80. The molecule has 19 heavy (non-hydrogen) atoms. The van der Waals surface area contributed by atoms with Gasteiger partial charge in [-0.05, 0) is 12.1 Å². The highest BCUT2D eigenvalue weighted by atomic mass is 16.6. The van der Waals surface area contributed by atoms with Crippen molar-refractivity contribution in [1.29, 1.82) is 0 Å². The third-order valence-corrected chi connectivity index (χ3v) is 2.08. The first-order valence-corrected chi connectivity index (χ1v) is 4.62. The average Bonchev–Trinajstić information content (AvgIpc) is 2.28. The second-order valence-electron chi connectivity index (χ2n) is 3.33. The van der Waals surface area contributed by atoms with E-state index in [1.54, 1.807) is 0 Å². The molecule has 1 aromatic rings. The van der Waals surface area contributed by atoms with E-state index in [-0.39, 0.29) is 0 Å². The Kier molecular flexibility index (Phi) is 3.70. The number of aliphatic carboxylic acids is 2. The molecule has 1 aromatic carbocycles. The van der Waals surface area contributed by atoms with E-state index in [4.69, 9.17) is 15.3 Å². The highest BCUT2D eigenvalue weighted by Crippen LogP contribution is 2.33. The summed E-state index contributed by atoms with van der Waals surface area (Å²) in [7, 11) is 0. The molecule has 0 saturated carbocycles.